The molecule has 0 unspecified atom stereocenters. The highest BCUT2D eigenvalue weighted by Crippen LogP contribution is 2.37. The van der Waals surface area contributed by atoms with Crippen LogP contribution >= 0.6 is 0 Å². The number of esters is 1. The summed E-state index contributed by atoms with van der Waals surface area (Å²) in [5.41, 5.74) is 0.927. The molecule has 0 aromatic heterocycles. The molecule has 0 radical (unpaired) electrons. The zero-order valence-corrected chi connectivity index (χ0v) is 11.6. The third-order valence-corrected chi connectivity index (χ3v) is 2.26. The minimum atomic E-state index is -0.260. The van der Waals surface area contributed by atoms with Gasteiger partial charge in [-0.2, -0.15) is 0 Å². The third-order valence-electron chi connectivity index (χ3n) is 2.26. The van der Waals surface area contributed by atoms with E-state index in [2.05, 4.69) is 41.2 Å². The van der Waals surface area contributed by atoms with Gasteiger partial charge in [0.05, 0.1) is 6.61 Å². The number of carbonyl (C=O) groups excluding carboxylic acids is 1. The fourth-order valence-corrected chi connectivity index (χ4v) is 2.38. The molecule has 0 saturated heterocycles. The van der Waals surface area contributed by atoms with Crippen molar-refractivity contribution in [3.63, 3.8) is 0 Å². The largest absolute Gasteiger partial charge is 0.463 e. The second-order valence-corrected chi connectivity index (χ2v) is 6.40. The predicted octanol–water partition coefficient (Wildman–Crippen LogP) is 3.96. The Morgan fingerprint density at radius 3 is 2.06 bits per heavy atom. The van der Waals surface area contributed by atoms with E-state index in [1.54, 1.807) is 0 Å². The summed E-state index contributed by atoms with van der Waals surface area (Å²) in [5, 5.41) is 0. The van der Waals surface area contributed by atoms with E-state index in [1.807, 2.05) is 6.92 Å². The molecule has 0 N–H and O–H groups in total. The summed E-state index contributed by atoms with van der Waals surface area (Å²) in [7, 11) is 0. The standard InChI is InChI=1S/C14H26O2/c1-8-16-12(15)11(2)9-14(6,7)10-13(3,4)5/h2,8-10H2,1,3-7H3. The molecule has 0 fully saturated rings. The van der Waals surface area contributed by atoms with Gasteiger partial charge in [0.25, 0.3) is 0 Å². The molecule has 0 spiro atoms. The maximum atomic E-state index is 11.5. The molecule has 0 aromatic carbocycles. The lowest BCUT2D eigenvalue weighted by Gasteiger charge is -2.32. The van der Waals surface area contributed by atoms with Crippen molar-refractivity contribution in [2.24, 2.45) is 10.8 Å². The summed E-state index contributed by atoms with van der Waals surface area (Å²) in [4.78, 5) is 11.5. The molecule has 0 aliphatic heterocycles. The van der Waals surface area contributed by atoms with Crippen LogP contribution in [0.3, 0.4) is 0 Å². The summed E-state index contributed by atoms with van der Waals surface area (Å²) in [6, 6.07) is 0. The fraction of sp³-hybridized carbons (Fsp3) is 0.786. The van der Waals surface area contributed by atoms with Gasteiger partial charge in [-0.1, -0.05) is 41.2 Å². The van der Waals surface area contributed by atoms with Crippen LogP contribution in [0.25, 0.3) is 0 Å². The maximum absolute atomic E-state index is 11.5. The van der Waals surface area contributed by atoms with Gasteiger partial charge in [-0.25, -0.2) is 4.79 Å². The molecule has 0 aliphatic carbocycles. The average molecular weight is 226 g/mol. The molecule has 0 atom stereocenters. The van der Waals surface area contributed by atoms with Crippen molar-refractivity contribution in [1.29, 1.82) is 0 Å². The van der Waals surface area contributed by atoms with Crippen molar-refractivity contribution in [2.45, 2.75) is 54.4 Å². The first kappa shape index (κ1) is 15.2. The average Bonchev–Trinajstić information content (AvgIpc) is 1.98. The number of carbonyl (C=O) groups is 1. The molecular formula is C14H26O2. The van der Waals surface area contributed by atoms with Crippen LogP contribution in [0.2, 0.25) is 0 Å². The summed E-state index contributed by atoms with van der Waals surface area (Å²) < 4.78 is 4.94. The maximum Gasteiger partial charge on any atom is 0.333 e. The van der Waals surface area contributed by atoms with Crippen molar-refractivity contribution in [3.8, 4) is 0 Å². The van der Waals surface area contributed by atoms with Crippen LogP contribution in [0.4, 0.5) is 0 Å². The molecule has 0 aromatic rings. The lowest BCUT2D eigenvalue weighted by Crippen LogP contribution is -2.23. The second kappa shape index (κ2) is 5.51. The molecule has 0 amide bonds. The Hall–Kier alpha value is -0.790. The van der Waals surface area contributed by atoms with Gasteiger partial charge in [-0.05, 0) is 30.6 Å². The van der Waals surface area contributed by atoms with Gasteiger partial charge in [-0.15, -0.1) is 0 Å². The first-order chi connectivity index (χ1) is 7.07. The summed E-state index contributed by atoms with van der Waals surface area (Å²) >= 11 is 0. The Kier molecular flexibility index (Phi) is 5.24. The third kappa shape index (κ3) is 6.65. The normalized spacial score (nSPS) is 12.4. The molecule has 94 valence electrons. The molecule has 2 heteroatoms. The molecule has 0 aliphatic rings. The summed E-state index contributed by atoms with van der Waals surface area (Å²) in [6.45, 7) is 17.0. The smallest absolute Gasteiger partial charge is 0.333 e. The molecule has 0 bridgehead atoms. The predicted molar refractivity (Wildman–Crippen MR) is 68.2 cm³/mol. The van der Waals surface area contributed by atoms with E-state index < -0.39 is 0 Å². The molecule has 16 heavy (non-hydrogen) atoms. The van der Waals surface area contributed by atoms with Gasteiger partial charge >= 0.3 is 5.97 Å². The topological polar surface area (TPSA) is 26.3 Å². The molecule has 0 heterocycles. The number of ether oxygens (including phenoxy) is 1. The van der Waals surface area contributed by atoms with Gasteiger partial charge < -0.3 is 4.74 Å². The van der Waals surface area contributed by atoms with E-state index in [0.717, 1.165) is 6.42 Å². The lowest BCUT2D eigenvalue weighted by molar-refractivity contribution is -0.138. The van der Waals surface area contributed by atoms with Crippen LogP contribution in [-0.4, -0.2) is 12.6 Å². The molecular weight excluding hydrogens is 200 g/mol. The zero-order valence-electron chi connectivity index (χ0n) is 11.6. The quantitative estimate of drug-likeness (QED) is 0.524. The minimum absolute atomic E-state index is 0.0854. The highest BCUT2D eigenvalue weighted by atomic mass is 16.5. The van der Waals surface area contributed by atoms with E-state index in [1.165, 1.54) is 0 Å². The van der Waals surface area contributed by atoms with Gasteiger partial charge in [0.1, 0.15) is 0 Å². The summed E-state index contributed by atoms with van der Waals surface area (Å²) in [6.07, 6.45) is 1.75. The van der Waals surface area contributed by atoms with E-state index in [9.17, 15) is 4.79 Å². The Bertz CT molecular complexity index is 256. The number of rotatable bonds is 5. The van der Waals surface area contributed by atoms with Gasteiger partial charge in [0, 0.05) is 5.57 Å². The van der Waals surface area contributed by atoms with E-state index in [0.29, 0.717) is 18.6 Å². The van der Waals surface area contributed by atoms with Crippen molar-refractivity contribution in [3.05, 3.63) is 12.2 Å². The first-order valence-corrected chi connectivity index (χ1v) is 5.92. The highest BCUT2D eigenvalue weighted by Gasteiger charge is 2.27. The SMILES string of the molecule is C=C(CC(C)(C)CC(C)(C)C)C(=O)OCC. The van der Waals surface area contributed by atoms with Crippen molar-refractivity contribution in [2.75, 3.05) is 6.61 Å². The van der Waals surface area contributed by atoms with Crippen molar-refractivity contribution < 1.29 is 9.53 Å². The number of hydrogen-bond acceptors (Lipinski definition) is 2. The van der Waals surface area contributed by atoms with Crippen LogP contribution in [-0.2, 0) is 9.53 Å². The monoisotopic (exact) mass is 226 g/mol. The second-order valence-electron chi connectivity index (χ2n) is 6.40. The van der Waals surface area contributed by atoms with E-state index in [4.69, 9.17) is 4.74 Å². The van der Waals surface area contributed by atoms with Gasteiger partial charge in [-0.3, -0.25) is 0 Å². The Labute approximate surface area is 100 Å². The molecule has 0 saturated carbocycles. The van der Waals surface area contributed by atoms with Crippen LogP contribution in [0.5, 0.6) is 0 Å². The van der Waals surface area contributed by atoms with Crippen LogP contribution in [0, 0.1) is 10.8 Å². The number of hydrogen-bond donors (Lipinski definition) is 0. The van der Waals surface area contributed by atoms with Gasteiger partial charge in [0.15, 0.2) is 0 Å². The Morgan fingerprint density at radius 2 is 1.69 bits per heavy atom. The fourth-order valence-electron chi connectivity index (χ4n) is 2.38. The Balaban J connectivity index is 4.36. The molecule has 0 rings (SSSR count). The van der Waals surface area contributed by atoms with Crippen LogP contribution in [0.1, 0.15) is 54.4 Å². The van der Waals surface area contributed by atoms with Gasteiger partial charge in [0.2, 0.25) is 0 Å². The van der Waals surface area contributed by atoms with E-state index in [-0.39, 0.29) is 16.8 Å². The highest BCUT2D eigenvalue weighted by molar-refractivity contribution is 5.87. The first-order valence-electron chi connectivity index (χ1n) is 5.92. The van der Waals surface area contributed by atoms with Crippen LogP contribution in [0.15, 0.2) is 12.2 Å². The lowest BCUT2D eigenvalue weighted by atomic mass is 9.73. The zero-order chi connectivity index (χ0) is 13.0. The van der Waals surface area contributed by atoms with Crippen molar-refractivity contribution >= 4 is 5.97 Å². The van der Waals surface area contributed by atoms with E-state index >= 15 is 0 Å². The van der Waals surface area contributed by atoms with Crippen molar-refractivity contribution in [1.82, 2.24) is 0 Å². The summed E-state index contributed by atoms with van der Waals surface area (Å²) in [5.74, 6) is -0.260. The molecule has 2 nitrogen and oxygen atoms in total. The van der Waals surface area contributed by atoms with Crippen LogP contribution < -0.4 is 0 Å². The minimum Gasteiger partial charge on any atom is -0.463 e. The Morgan fingerprint density at radius 1 is 1.19 bits per heavy atom.